The maximum absolute atomic E-state index is 10.8. The van der Waals surface area contributed by atoms with Crippen LogP contribution in [0.3, 0.4) is 0 Å². The number of benzene rings is 2. The summed E-state index contributed by atoms with van der Waals surface area (Å²) in [6.07, 6.45) is 1.68. The molecule has 6 rings (SSSR count). The van der Waals surface area contributed by atoms with Gasteiger partial charge in [-0.2, -0.15) is 10.2 Å². The monoisotopic (exact) mass is 393 g/mol. The van der Waals surface area contributed by atoms with Crippen molar-refractivity contribution in [1.29, 1.82) is 0 Å². The lowest BCUT2D eigenvalue weighted by Crippen LogP contribution is -3.56. The van der Waals surface area contributed by atoms with Gasteiger partial charge in [0, 0.05) is 12.1 Å². The number of nitro groups is 1. The van der Waals surface area contributed by atoms with Crippen molar-refractivity contribution < 1.29 is 19.6 Å². The molecule has 4 heterocycles. The highest BCUT2D eigenvalue weighted by molar-refractivity contribution is 6.05. The van der Waals surface area contributed by atoms with Gasteiger partial charge in [0.15, 0.2) is 5.41 Å². The third kappa shape index (κ3) is 3.46. The number of quaternary nitrogens is 3. The van der Waals surface area contributed by atoms with Crippen molar-refractivity contribution >= 4 is 17.6 Å². The Kier molecular flexibility index (Phi) is 4.46. The average molecular weight is 393 g/mol. The molecule has 0 saturated carbocycles. The summed E-state index contributed by atoms with van der Waals surface area (Å²) in [5, 5.41) is 20.0. The Hall–Kier alpha value is -2.94. The molecule has 3 N–H and O–H groups in total. The Morgan fingerprint density at radius 3 is 2.07 bits per heavy atom. The molecule has 4 aliphatic heterocycles. The number of nitrogens with one attached hydrogen (secondary N) is 3. The Bertz CT molecular complexity index is 935. The lowest BCUT2D eigenvalue weighted by molar-refractivity contribution is -1.30. The number of nitrogens with zero attached hydrogens (tertiary/aromatic N) is 3. The summed E-state index contributed by atoms with van der Waals surface area (Å²) >= 11 is 0. The summed E-state index contributed by atoms with van der Waals surface area (Å²) in [5.74, 6) is 0. The fourth-order valence-corrected chi connectivity index (χ4v) is 5.40. The third-order valence-electron chi connectivity index (χ3n) is 6.28. The Labute approximate surface area is 168 Å². The van der Waals surface area contributed by atoms with E-state index >= 15 is 0 Å². The van der Waals surface area contributed by atoms with Gasteiger partial charge < -0.3 is 0 Å². The van der Waals surface area contributed by atoms with Crippen LogP contribution >= 0.6 is 0 Å². The predicted molar refractivity (Wildman–Crippen MR) is 108 cm³/mol. The van der Waals surface area contributed by atoms with E-state index in [2.05, 4.69) is 29.4 Å². The second kappa shape index (κ2) is 7.14. The summed E-state index contributed by atoms with van der Waals surface area (Å²) in [5.41, 5.74) is 3.13. The van der Waals surface area contributed by atoms with E-state index in [0.717, 1.165) is 36.5 Å². The molecule has 4 saturated heterocycles. The van der Waals surface area contributed by atoms with Crippen LogP contribution in [0.1, 0.15) is 11.1 Å². The predicted octanol–water partition coefficient (Wildman–Crippen LogP) is -2.03. The van der Waals surface area contributed by atoms with Crippen LogP contribution in [0.4, 0.5) is 5.69 Å². The van der Waals surface area contributed by atoms with Crippen molar-refractivity contribution in [3.05, 3.63) is 75.8 Å². The molecule has 0 unspecified atom stereocenters. The molecule has 0 aromatic heterocycles. The zero-order valence-corrected chi connectivity index (χ0v) is 16.2. The van der Waals surface area contributed by atoms with E-state index in [4.69, 9.17) is 5.10 Å². The van der Waals surface area contributed by atoms with E-state index in [1.165, 1.54) is 32.1 Å². The Balaban J connectivity index is 1.47. The lowest BCUT2D eigenvalue weighted by Gasteiger charge is -2.52. The van der Waals surface area contributed by atoms with Crippen LogP contribution in [0.15, 0.2) is 64.8 Å². The number of nitro benzene ring substituents is 1. The van der Waals surface area contributed by atoms with Crippen molar-refractivity contribution in [3.8, 4) is 0 Å². The molecular weight excluding hydrogens is 368 g/mol. The number of non-ortho nitro benzene ring substituents is 1. The summed E-state index contributed by atoms with van der Waals surface area (Å²) < 4.78 is 0. The fourth-order valence-electron chi connectivity index (χ4n) is 5.40. The van der Waals surface area contributed by atoms with Gasteiger partial charge in [-0.05, 0) is 23.3 Å². The minimum Gasteiger partial charge on any atom is -0.258 e. The minimum atomic E-state index is -0.396. The van der Waals surface area contributed by atoms with Gasteiger partial charge in [-0.3, -0.25) is 10.1 Å². The zero-order valence-electron chi connectivity index (χ0n) is 16.2. The molecule has 8 heteroatoms. The van der Waals surface area contributed by atoms with E-state index in [-0.39, 0.29) is 11.1 Å². The van der Waals surface area contributed by atoms with E-state index in [1.807, 2.05) is 6.07 Å². The first-order valence-electron chi connectivity index (χ1n) is 10.0. The zero-order chi connectivity index (χ0) is 19.8. The molecule has 4 bridgehead atoms. The van der Waals surface area contributed by atoms with E-state index in [9.17, 15) is 10.1 Å². The van der Waals surface area contributed by atoms with Gasteiger partial charge in [0.25, 0.3) is 5.69 Å². The number of hydrogen-bond acceptors (Lipinski definition) is 4. The minimum absolute atomic E-state index is 0.0446. The van der Waals surface area contributed by atoms with E-state index in [1.54, 1.807) is 33.0 Å². The summed E-state index contributed by atoms with van der Waals surface area (Å²) in [6.45, 7) is 6.96. The number of rotatable bonds is 5. The van der Waals surface area contributed by atoms with Crippen LogP contribution in [-0.4, -0.2) is 56.5 Å². The van der Waals surface area contributed by atoms with Crippen molar-refractivity contribution in [1.82, 2.24) is 0 Å². The van der Waals surface area contributed by atoms with Gasteiger partial charge >= 0.3 is 0 Å². The van der Waals surface area contributed by atoms with E-state index in [0.29, 0.717) is 0 Å². The molecule has 4 fully saturated rings. The molecule has 29 heavy (non-hydrogen) atoms. The van der Waals surface area contributed by atoms with Gasteiger partial charge in [0.1, 0.15) is 19.6 Å². The van der Waals surface area contributed by atoms with Gasteiger partial charge in [-0.1, -0.05) is 30.3 Å². The van der Waals surface area contributed by atoms with Gasteiger partial charge in [-0.25, -0.2) is 14.7 Å². The van der Waals surface area contributed by atoms with Crippen molar-refractivity contribution in [2.75, 3.05) is 39.6 Å². The largest absolute Gasteiger partial charge is 0.269 e. The summed E-state index contributed by atoms with van der Waals surface area (Å²) in [4.78, 5) is 15.4. The first-order chi connectivity index (χ1) is 14.1. The number of hydrogen-bond donors (Lipinski definition) is 3. The van der Waals surface area contributed by atoms with Gasteiger partial charge in [-0.15, -0.1) is 0 Å². The summed E-state index contributed by atoms with van der Waals surface area (Å²) in [6, 6.07) is 16.8. The standard InChI is InChI=1S/C21H22N6O2/c28-27(29)19-8-6-17(7-9-19)10-22-23-20(18-4-2-1-3-5-18)21-11-24-14-25(12-21)16-26(13-21)15-24/h1-10H,11-16H2/p+3. The second-order valence-electron chi connectivity index (χ2n) is 8.50. The normalized spacial score (nSPS) is 30.8. The molecule has 2 aromatic carbocycles. The lowest BCUT2D eigenvalue weighted by atomic mass is 9.74. The van der Waals surface area contributed by atoms with Crippen molar-refractivity contribution in [2.45, 2.75) is 0 Å². The topological polar surface area (TPSA) is 81.2 Å². The van der Waals surface area contributed by atoms with Crippen molar-refractivity contribution in [2.24, 2.45) is 15.6 Å². The molecule has 4 aliphatic rings. The average Bonchev–Trinajstić information content (AvgIpc) is 2.71. The third-order valence-corrected chi connectivity index (χ3v) is 6.28. The van der Waals surface area contributed by atoms with Crippen LogP contribution < -0.4 is 14.7 Å². The molecule has 0 spiro atoms. The van der Waals surface area contributed by atoms with E-state index < -0.39 is 4.92 Å². The molecule has 0 radical (unpaired) electrons. The first-order valence-corrected chi connectivity index (χ1v) is 10.0. The van der Waals surface area contributed by atoms with Gasteiger partial charge in [0.2, 0.25) is 20.0 Å². The summed E-state index contributed by atoms with van der Waals surface area (Å²) in [7, 11) is 0. The highest BCUT2D eigenvalue weighted by atomic mass is 16.6. The molecule has 0 atom stereocenters. The molecule has 0 aliphatic carbocycles. The van der Waals surface area contributed by atoms with Crippen molar-refractivity contribution in [3.63, 3.8) is 0 Å². The first kappa shape index (κ1) is 18.1. The highest BCUT2D eigenvalue weighted by Crippen LogP contribution is 2.23. The molecule has 148 valence electrons. The van der Waals surface area contributed by atoms with Gasteiger partial charge in [0.05, 0.1) is 16.8 Å². The molecule has 0 amide bonds. The molecular formula is C21H25N6O2+3. The molecule has 8 nitrogen and oxygen atoms in total. The van der Waals surface area contributed by atoms with Crippen LogP contribution in [0.25, 0.3) is 0 Å². The maximum atomic E-state index is 10.8. The van der Waals surface area contributed by atoms with Crippen LogP contribution in [0.5, 0.6) is 0 Å². The second-order valence-corrected chi connectivity index (χ2v) is 8.50. The maximum Gasteiger partial charge on any atom is 0.269 e. The quantitative estimate of drug-likeness (QED) is 0.311. The van der Waals surface area contributed by atoms with Crippen LogP contribution in [0.2, 0.25) is 0 Å². The van der Waals surface area contributed by atoms with Crippen LogP contribution in [-0.2, 0) is 0 Å². The Morgan fingerprint density at radius 2 is 1.52 bits per heavy atom. The Morgan fingerprint density at radius 1 is 0.931 bits per heavy atom. The van der Waals surface area contributed by atoms with Crippen LogP contribution in [0, 0.1) is 15.5 Å². The highest BCUT2D eigenvalue weighted by Gasteiger charge is 2.60. The SMILES string of the molecule is O=[N+]([O-])c1ccc(C=NN=C(c2ccccc2)C23C[NH+]4C[NH+](C[NH+](C4)C2)C3)cc1. The smallest absolute Gasteiger partial charge is 0.258 e. The fraction of sp³-hybridized carbons (Fsp3) is 0.333. The molecule has 2 aromatic rings.